The third kappa shape index (κ3) is 52.3. The van der Waals surface area contributed by atoms with Crippen LogP contribution in [0, 0.1) is 0 Å². The molecule has 0 aliphatic rings. The van der Waals surface area contributed by atoms with E-state index >= 15 is 0 Å². The zero-order valence-electron chi connectivity index (χ0n) is 44.0. The lowest BCUT2D eigenvalue weighted by Crippen LogP contribution is -2.30. The maximum absolute atomic E-state index is 12.8. The maximum Gasteiger partial charge on any atom is 0.306 e. The van der Waals surface area contributed by atoms with Gasteiger partial charge in [-0.1, -0.05) is 223 Å². The van der Waals surface area contributed by atoms with E-state index in [1.807, 2.05) is 0 Å². The highest BCUT2D eigenvalue weighted by molar-refractivity contribution is 5.71. The Bertz CT molecular complexity index is 1150. The smallest absolute Gasteiger partial charge is 0.306 e. The van der Waals surface area contributed by atoms with E-state index in [0.717, 1.165) is 89.9 Å². The predicted molar refractivity (Wildman–Crippen MR) is 284 cm³/mol. The van der Waals surface area contributed by atoms with E-state index in [-0.39, 0.29) is 31.1 Å². The topological polar surface area (TPSA) is 78.9 Å². The Morgan fingerprint density at radius 2 is 0.545 bits per heavy atom. The molecule has 6 heteroatoms. The average molecular weight is 926 g/mol. The molecular formula is C60H108O6. The average Bonchev–Trinajstić information content (AvgIpc) is 3.31. The molecule has 0 aliphatic heterocycles. The summed E-state index contributed by atoms with van der Waals surface area (Å²) >= 11 is 0. The Kier molecular flexibility index (Phi) is 52.8. The first-order valence-electron chi connectivity index (χ1n) is 28.6. The molecule has 0 radical (unpaired) electrons. The standard InChI is InChI=1S/C60H108O6/c1-4-7-10-13-16-19-22-25-27-29-30-31-33-35-38-41-44-47-50-53-59(62)65-56-57(55-64-58(61)52-49-46-43-40-37-34-24-21-18-15-12-9-6-3)66-60(63)54-51-48-45-42-39-36-32-28-26-23-20-17-14-11-8-5-2/h20-21,23-25,27-28,32,57H,4-19,22,26,29-31,33-56H2,1-3H3/b23-20-,24-21-,27-25-,32-28-. The van der Waals surface area contributed by atoms with Gasteiger partial charge in [-0.05, 0) is 103 Å². The van der Waals surface area contributed by atoms with Crippen LogP contribution in [0.25, 0.3) is 0 Å². The number of rotatable bonds is 52. The van der Waals surface area contributed by atoms with Crippen molar-refractivity contribution in [2.75, 3.05) is 13.2 Å². The van der Waals surface area contributed by atoms with Gasteiger partial charge in [0.15, 0.2) is 6.10 Å². The molecule has 0 aliphatic carbocycles. The summed E-state index contributed by atoms with van der Waals surface area (Å²) in [7, 11) is 0. The summed E-state index contributed by atoms with van der Waals surface area (Å²) in [6, 6.07) is 0. The van der Waals surface area contributed by atoms with Gasteiger partial charge in [-0.2, -0.15) is 0 Å². The van der Waals surface area contributed by atoms with Crippen molar-refractivity contribution >= 4 is 17.9 Å². The van der Waals surface area contributed by atoms with Crippen LogP contribution in [0.4, 0.5) is 0 Å². The molecule has 0 aromatic carbocycles. The fourth-order valence-electron chi connectivity index (χ4n) is 8.17. The van der Waals surface area contributed by atoms with Gasteiger partial charge < -0.3 is 14.2 Å². The van der Waals surface area contributed by atoms with Gasteiger partial charge in [0.2, 0.25) is 0 Å². The van der Waals surface area contributed by atoms with Gasteiger partial charge in [0, 0.05) is 19.3 Å². The first-order valence-corrected chi connectivity index (χ1v) is 28.6. The van der Waals surface area contributed by atoms with Crippen molar-refractivity contribution in [2.24, 2.45) is 0 Å². The Morgan fingerprint density at radius 1 is 0.303 bits per heavy atom. The number of hydrogen-bond acceptors (Lipinski definition) is 6. The van der Waals surface area contributed by atoms with E-state index in [1.54, 1.807) is 0 Å². The van der Waals surface area contributed by atoms with E-state index in [1.165, 1.54) is 167 Å². The summed E-state index contributed by atoms with van der Waals surface area (Å²) in [5.74, 6) is -0.894. The van der Waals surface area contributed by atoms with E-state index < -0.39 is 6.10 Å². The van der Waals surface area contributed by atoms with Crippen molar-refractivity contribution in [1.29, 1.82) is 0 Å². The van der Waals surface area contributed by atoms with E-state index in [4.69, 9.17) is 14.2 Å². The molecule has 0 N–H and O–H groups in total. The molecule has 0 aromatic rings. The molecule has 0 fully saturated rings. The lowest BCUT2D eigenvalue weighted by molar-refractivity contribution is -0.167. The second-order valence-corrected chi connectivity index (χ2v) is 19.2. The summed E-state index contributed by atoms with van der Waals surface area (Å²) in [5, 5.41) is 0. The van der Waals surface area contributed by atoms with Gasteiger partial charge >= 0.3 is 17.9 Å². The minimum absolute atomic E-state index is 0.0811. The van der Waals surface area contributed by atoms with Gasteiger partial charge in [0.25, 0.3) is 0 Å². The Balaban J connectivity index is 4.37. The molecule has 1 unspecified atom stereocenters. The van der Waals surface area contributed by atoms with Crippen LogP contribution in [-0.2, 0) is 28.6 Å². The zero-order chi connectivity index (χ0) is 47.9. The number of carbonyl (C=O) groups is 3. The van der Waals surface area contributed by atoms with Gasteiger partial charge in [0.05, 0.1) is 0 Å². The molecule has 0 rings (SSSR count). The molecule has 0 amide bonds. The Labute approximate surface area is 409 Å². The van der Waals surface area contributed by atoms with Crippen molar-refractivity contribution in [3.05, 3.63) is 48.6 Å². The fourth-order valence-corrected chi connectivity index (χ4v) is 8.17. The number of ether oxygens (including phenoxy) is 3. The monoisotopic (exact) mass is 925 g/mol. The number of unbranched alkanes of at least 4 members (excludes halogenated alkanes) is 33. The maximum atomic E-state index is 12.8. The summed E-state index contributed by atoms with van der Waals surface area (Å²) in [6.45, 7) is 6.61. The van der Waals surface area contributed by atoms with Crippen LogP contribution in [0.1, 0.15) is 297 Å². The van der Waals surface area contributed by atoms with Crippen LogP contribution in [0.15, 0.2) is 48.6 Å². The van der Waals surface area contributed by atoms with Crippen molar-refractivity contribution in [1.82, 2.24) is 0 Å². The molecule has 0 saturated heterocycles. The summed E-state index contributed by atoms with van der Waals surface area (Å²) in [4.78, 5) is 38.1. The summed E-state index contributed by atoms with van der Waals surface area (Å²) < 4.78 is 16.8. The van der Waals surface area contributed by atoms with Crippen LogP contribution in [0.5, 0.6) is 0 Å². The van der Waals surface area contributed by atoms with E-state index in [9.17, 15) is 14.4 Å². The number of hydrogen-bond donors (Lipinski definition) is 0. The largest absolute Gasteiger partial charge is 0.462 e. The van der Waals surface area contributed by atoms with E-state index in [0.29, 0.717) is 19.3 Å². The SMILES string of the molecule is CCCCCC/C=C\C/C=C\CCCCCCCC(=O)OC(COC(=O)CCCCCCC/C=C\CCCCCC)COC(=O)CCCCCCCCCCC/C=C\CCCCCCCC. The molecule has 384 valence electrons. The van der Waals surface area contributed by atoms with Crippen LogP contribution >= 0.6 is 0 Å². The number of carbonyl (C=O) groups excluding carboxylic acids is 3. The van der Waals surface area contributed by atoms with Crippen molar-refractivity contribution in [2.45, 2.75) is 303 Å². The normalized spacial score (nSPS) is 12.3. The van der Waals surface area contributed by atoms with Crippen LogP contribution in [0.2, 0.25) is 0 Å². The lowest BCUT2D eigenvalue weighted by Gasteiger charge is -2.18. The Hall–Kier alpha value is -2.63. The van der Waals surface area contributed by atoms with Crippen molar-refractivity contribution < 1.29 is 28.6 Å². The second-order valence-electron chi connectivity index (χ2n) is 19.2. The number of allylic oxidation sites excluding steroid dienone is 8. The van der Waals surface area contributed by atoms with Crippen molar-refractivity contribution in [3.8, 4) is 0 Å². The van der Waals surface area contributed by atoms with Gasteiger partial charge in [0.1, 0.15) is 13.2 Å². The molecule has 0 spiro atoms. The lowest BCUT2D eigenvalue weighted by atomic mass is 10.1. The molecular weight excluding hydrogens is 817 g/mol. The van der Waals surface area contributed by atoms with E-state index in [2.05, 4.69) is 69.4 Å². The highest BCUT2D eigenvalue weighted by atomic mass is 16.6. The first-order chi connectivity index (χ1) is 32.5. The van der Waals surface area contributed by atoms with Crippen LogP contribution in [-0.4, -0.2) is 37.2 Å². The highest BCUT2D eigenvalue weighted by Gasteiger charge is 2.19. The van der Waals surface area contributed by atoms with Crippen LogP contribution < -0.4 is 0 Å². The fraction of sp³-hybridized carbons (Fsp3) is 0.817. The van der Waals surface area contributed by atoms with Gasteiger partial charge in [-0.3, -0.25) is 14.4 Å². The second kappa shape index (κ2) is 55.0. The highest BCUT2D eigenvalue weighted by Crippen LogP contribution is 2.15. The summed E-state index contributed by atoms with van der Waals surface area (Å²) in [5.41, 5.74) is 0. The Morgan fingerprint density at radius 3 is 0.864 bits per heavy atom. The third-order valence-electron chi connectivity index (χ3n) is 12.5. The number of esters is 3. The van der Waals surface area contributed by atoms with Crippen molar-refractivity contribution in [3.63, 3.8) is 0 Å². The molecule has 0 aromatic heterocycles. The van der Waals surface area contributed by atoms with Gasteiger partial charge in [-0.15, -0.1) is 0 Å². The zero-order valence-corrected chi connectivity index (χ0v) is 44.0. The van der Waals surface area contributed by atoms with Gasteiger partial charge in [-0.25, -0.2) is 0 Å². The molecule has 0 saturated carbocycles. The molecule has 6 nitrogen and oxygen atoms in total. The minimum Gasteiger partial charge on any atom is -0.462 e. The quantitative estimate of drug-likeness (QED) is 0.0262. The third-order valence-corrected chi connectivity index (χ3v) is 12.5. The molecule has 66 heavy (non-hydrogen) atoms. The van der Waals surface area contributed by atoms with Crippen LogP contribution in [0.3, 0.4) is 0 Å². The first kappa shape index (κ1) is 63.4. The molecule has 0 bridgehead atoms. The minimum atomic E-state index is -0.783. The molecule has 1 atom stereocenters. The predicted octanol–water partition coefficient (Wildman–Crippen LogP) is 19.0. The summed E-state index contributed by atoms with van der Waals surface area (Å²) in [6.07, 6.45) is 66.7. The molecule has 0 heterocycles.